The lowest BCUT2D eigenvalue weighted by Crippen LogP contribution is -2.75. The normalized spacial score (nSPS) is 51.2. The Morgan fingerprint density at radius 1 is 1.06 bits per heavy atom. The topological polar surface area (TPSA) is 81.0 Å². The SMILES string of the molecule is CC1(O)C[C@]23C=CC1CC2C12CCCC(C)([C@H](O)N(C(=O)c4ccccc4)C1)[C@H]2C[C@@H]3O. The minimum atomic E-state index is -0.852. The number of aliphatic hydroxyl groups is 3. The van der Waals surface area contributed by atoms with Crippen LogP contribution < -0.4 is 0 Å². The van der Waals surface area contributed by atoms with E-state index in [1.165, 1.54) is 0 Å². The summed E-state index contributed by atoms with van der Waals surface area (Å²) in [5.41, 5.74) is -1.22. The number of piperidine rings is 1. The number of rotatable bonds is 1. The number of aliphatic hydroxyl groups excluding tert-OH is 2. The molecule has 172 valence electrons. The highest BCUT2D eigenvalue weighted by atomic mass is 16.3. The van der Waals surface area contributed by atoms with E-state index in [9.17, 15) is 20.1 Å². The van der Waals surface area contributed by atoms with Gasteiger partial charge in [-0.25, -0.2) is 0 Å². The van der Waals surface area contributed by atoms with Crippen LogP contribution in [0.4, 0.5) is 0 Å². The standard InChI is InChI=1S/C27H35NO4/c1-24-10-6-11-27(16-28(23(24)31)22(30)17-7-4-3-5-8-17)19(24)14-21(29)26-12-9-18(13-20(26)27)25(2,32)15-26/h3-5,7-9,12,18-21,23,29,31-32H,6,10-11,13-16H2,1-2H3/t18?,19-,20?,21+,23+,24?,25?,26-,27?/m1/s1. The van der Waals surface area contributed by atoms with E-state index in [1.54, 1.807) is 4.90 Å². The van der Waals surface area contributed by atoms with E-state index in [-0.39, 0.29) is 29.1 Å². The molecule has 1 amide bonds. The molecule has 5 heteroatoms. The predicted octanol–water partition coefficient (Wildman–Crippen LogP) is 3.35. The molecule has 1 aromatic carbocycles. The van der Waals surface area contributed by atoms with Crippen LogP contribution in [-0.4, -0.2) is 50.6 Å². The first kappa shape index (κ1) is 20.9. The van der Waals surface area contributed by atoms with Crippen molar-refractivity contribution in [2.45, 2.75) is 70.3 Å². The minimum Gasteiger partial charge on any atom is -0.392 e. The van der Waals surface area contributed by atoms with Crippen LogP contribution in [0.5, 0.6) is 0 Å². The predicted molar refractivity (Wildman–Crippen MR) is 120 cm³/mol. The highest BCUT2D eigenvalue weighted by molar-refractivity contribution is 5.94. The van der Waals surface area contributed by atoms with Gasteiger partial charge in [-0.3, -0.25) is 4.79 Å². The highest BCUT2D eigenvalue weighted by Gasteiger charge is 2.72. The molecule has 32 heavy (non-hydrogen) atoms. The summed E-state index contributed by atoms with van der Waals surface area (Å²) in [5.74, 6) is 0.347. The number of carbonyl (C=O) groups is 1. The minimum absolute atomic E-state index is 0.0769. The molecule has 9 atom stereocenters. The fraction of sp³-hybridized carbons (Fsp3) is 0.667. The lowest BCUT2D eigenvalue weighted by molar-refractivity contribution is -0.286. The van der Waals surface area contributed by atoms with Gasteiger partial charge in [-0.05, 0) is 68.4 Å². The van der Waals surface area contributed by atoms with Crippen molar-refractivity contribution < 1.29 is 20.1 Å². The van der Waals surface area contributed by atoms with E-state index < -0.39 is 28.8 Å². The molecule has 1 spiro atoms. The van der Waals surface area contributed by atoms with Crippen LogP contribution in [0.3, 0.4) is 0 Å². The lowest BCUT2D eigenvalue weighted by Gasteiger charge is -2.73. The summed E-state index contributed by atoms with van der Waals surface area (Å²) in [7, 11) is 0. The quantitative estimate of drug-likeness (QED) is 0.589. The Balaban J connectivity index is 1.47. The molecule has 5 unspecified atom stereocenters. The first-order valence-electron chi connectivity index (χ1n) is 12.3. The monoisotopic (exact) mass is 437 g/mol. The van der Waals surface area contributed by atoms with Crippen LogP contribution in [-0.2, 0) is 0 Å². The molecule has 4 bridgehead atoms. The maximum absolute atomic E-state index is 13.6. The zero-order chi connectivity index (χ0) is 22.5. The van der Waals surface area contributed by atoms with Gasteiger partial charge in [-0.2, -0.15) is 0 Å². The van der Waals surface area contributed by atoms with E-state index in [1.807, 2.05) is 37.3 Å². The number of amides is 1. The van der Waals surface area contributed by atoms with Crippen LogP contribution in [0.25, 0.3) is 0 Å². The average Bonchev–Trinajstić information content (AvgIpc) is 2.77. The van der Waals surface area contributed by atoms with Gasteiger partial charge in [0.05, 0.1) is 11.7 Å². The molecule has 5 nitrogen and oxygen atoms in total. The molecular formula is C27H35NO4. The average molecular weight is 438 g/mol. The lowest BCUT2D eigenvalue weighted by atomic mass is 9.35. The van der Waals surface area contributed by atoms with E-state index in [2.05, 4.69) is 19.1 Å². The third-order valence-corrected chi connectivity index (χ3v) is 10.5. The Morgan fingerprint density at radius 3 is 2.53 bits per heavy atom. The molecule has 4 fully saturated rings. The van der Waals surface area contributed by atoms with Crippen molar-refractivity contribution in [2.24, 2.45) is 34.0 Å². The third-order valence-electron chi connectivity index (χ3n) is 10.5. The van der Waals surface area contributed by atoms with E-state index in [0.717, 1.165) is 25.7 Å². The van der Waals surface area contributed by atoms with E-state index >= 15 is 0 Å². The summed E-state index contributed by atoms with van der Waals surface area (Å²) in [6.45, 7) is 4.58. The van der Waals surface area contributed by atoms with Crippen molar-refractivity contribution in [1.82, 2.24) is 4.90 Å². The first-order chi connectivity index (χ1) is 15.1. The zero-order valence-corrected chi connectivity index (χ0v) is 19.1. The first-order valence-corrected chi connectivity index (χ1v) is 12.3. The Kier molecular flexibility index (Phi) is 4.21. The fourth-order valence-electron chi connectivity index (χ4n) is 9.05. The van der Waals surface area contributed by atoms with E-state index in [4.69, 9.17) is 0 Å². The maximum atomic E-state index is 13.6. The van der Waals surface area contributed by atoms with Crippen LogP contribution in [0.15, 0.2) is 42.5 Å². The summed E-state index contributed by atoms with van der Waals surface area (Å²) in [6, 6.07) is 9.28. The van der Waals surface area contributed by atoms with Crippen molar-refractivity contribution >= 4 is 5.91 Å². The van der Waals surface area contributed by atoms with Crippen molar-refractivity contribution in [3.05, 3.63) is 48.0 Å². The number of hydrogen-bond donors (Lipinski definition) is 3. The van der Waals surface area contributed by atoms with Gasteiger partial charge in [-0.15, -0.1) is 0 Å². The van der Waals surface area contributed by atoms with Crippen molar-refractivity contribution in [1.29, 1.82) is 0 Å². The molecule has 1 aromatic rings. The van der Waals surface area contributed by atoms with Gasteiger partial charge in [0.2, 0.25) is 0 Å². The second-order valence-electron chi connectivity index (χ2n) is 12.0. The number of carbonyl (C=O) groups excluding carboxylic acids is 1. The highest BCUT2D eigenvalue weighted by Crippen LogP contribution is 2.73. The van der Waals surface area contributed by atoms with Crippen LogP contribution in [0, 0.1) is 34.0 Å². The van der Waals surface area contributed by atoms with Crippen LogP contribution in [0.2, 0.25) is 0 Å². The van der Waals surface area contributed by atoms with Crippen LogP contribution >= 0.6 is 0 Å². The molecule has 0 radical (unpaired) electrons. The van der Waals surface area contributed by atoms with Gasteiger partial charge in [-0.1, -0.05) is 43.7 Å². The molecule has 1 saturated heterocycles. The maximum Gasteiger partial charge on any atom is 0.255 e. The smallest absolute Gasteiger partial charge is 0.255 e. The van der Waals surface area contributed by atoms with Gasteiger partial charge in [0, 0.05) is 28.9 Å². The van der Waals surface area contributed by atoms with Gasteiger partial charge in [0.15, 0.2) is 0 Å². The molecule has 1 aliphatic heterocycles. The summed E-state index contributed by atoms with van der Waals surface area (Å²) in [4.78, 5) is 15.3. The Labute approximate surface area is 190 Å². The van der Waals surface area contributed by atoms with Gasteiger partial charge in [0.25, 0.3) is 5.91 Å². The third kappa shape index (κ3) is 2.43. The molecule has 7 rings (SSSR count). The number of fused-ring (bicyclic) bond motifs is 1. The summed E-state index contributed by atoms with van der Waals surface area (Å²) in [5, 5.41) is 34.3. The molecule has 3 saturated carbocycles. The van der Waals surface area contributed by atoms with Gasteiger partial charge >= 0.3 is 0 Å². The molecule has 0 aromatic heterocycles. The number of likely N-dealkylation sites (tertiary alicyclic amines) is 1. The number of benzene rings is 1. The zero-order valence-electron chi connectivity index (χ0n) is 19.1. The summed E-state index contributed by atoms with van der Waals surface area (Å²) < 4.78 is 0. The molecular weight excluding hydrogens is 402 g/mol. The largest absolute Gasteiger partial charge is 0.392 e. The second-order valence-corrected chi connectivity index (χ2v) is 12.0. The molecule has 5 aliphatic carbocycles. The van der Waals surface area contributed by atoms with Gasteiger partial charge in [0.1, 0.15) is 6.23 Å². The van der Waals surface area contributed by atoms with Crippen LogP contribution in [0.1, 0.15) is 62.7 Å². The summed E-state index contributed by atoms with van der Waals surface area (Å²) in [6.07, 6.45) is 7.91. The van der Waals surface area contributed by atoms with Crippen molar-refractivity contribution in [3.8, 4) is 0 Å². The second kappa shape index (κ2) is 6.46. The number of nitrogens with zero attached hydrogens (tertiary/aromatic N) is 1. The Morgan fingerprint density at radius 2 is 1.81 bits per heavy atom. The molecule has 1 heterocycles. The van der Waals surface area contributed by atoms with E-state index in [0.29, 0.717) is 24.9 Å². The summed E-state index contributed by atoms with van der Waals surface area (Å²) >= 11 is 0. The Hall–Kier alpha value is -1.69. The van der Waals surface area contributed by atoms with Crippen molar-refractivity contribution in [3.63, 3.8) is 0 Å². The fourth-order valence-corrected chi connectivity index (χ4v) is 9.05. The van der Waals surface area contributed by atoms with Crippen molar-refractivity contribution in [2.75, 3.05) is 6.54 Å². The molecule has 6 aliphatic rings. The van der Waals surface area contributed by atoms with Gasteiger partial charge < -0.3 is 20.2 Å². The molecule has 3 N–H and O–H groups in total. The number of hydrogen-bond acceptors (Lipinski definition) is 4. The Bertz CT molecular complexity index is 975.